The lowest BCUT2D eigenvalue weighted by molar-refractivity contribution is 0.0935. The van der Waals surface area contributed by atoms with E-state index in [1.54, 1.807) is 0 Å². The van der Waals surface area contributed by atoms with Gasteiger partial charge in [-0.1, -0.05) is 0 Å². The zero-order valence-electron chi connectivity index (χ0n) is 16.1. The highest BCUT2D eigenvalue weighted by Gasteiger charge is 2.17. The summed E-state index contributed by atoms with van der Waals surface area (Å²) < 4.78 is 2.70. The van der Waals surface area contributed by atoms with Crippen LogP contribution in [0.25, 0.3) is 0 Å². The van der Waals surface area contributed by atoms with E-state index in [0.717, 1.165) is 12.1 Å². The van der Waals surface area contributed by atoms with Gasteiger partial charge in [-0.2, -0.15) is 0 Å². The molecule has 0 aromatic carbocycles. The molecule has 0 aliphatic carbocycles. The lowest BCUT2D eigenvalue weighted by Gasteiger charge is -2.12. The van der Waals surface area contributed by atoms with Crippen molar-refractivity contribution >= 4 is 11.8 Å². The largest absolute Gasteiger partial charge is 0.503 e. The molecule has 0 spiro atoms. The molecule has 2 heterocycles. The zero-order chi connectivity index (χ0) is 21.6. The summed E-state index contributed by atoms with van der Waals surface area (Å²) in [5.74, 6) is -2.39. The van der Waals surface area contributed by atoms with E-state index in [4.69, 9.17) is 0 Å². The SMILES string of the molecule is Cn1ccc(=O)c(O)c1C(=O)NCCNCCNC(=O)c1c(O)c(=O)ccn1C. The highest BCUT2D eigenvalue weighted by molar-refractivity contribution is 5.95. The molecule has 2 aromatic heterocycles. The first-order chi connectivity index (χ1) is 13.7. The molecular weight excluding hydrogens is 382 g/mol. The lowest BCUT2D eigenvalue weighted by Crippen LogP contribution is -2.37. The van der Waals surface area contributed by atoms with Crippen LogP contribution in [0.3, 0.4) is 0 Å². The number of hydrogen-bond donors (Lipinski definition) is 5. The van der Waals surface area contributed by atoms with Crippen molar-refractivity contribution in [1.29, 1.82) is 0 Å². The standard InChI is InChI=1S/C18H23N5O6/c1-22-9-3-11(24)15(26)13(22)17(28)20-7-5-19-6-8-21-18(29)14-16(27)12(25)4-10-23(14)2/h3-4,9-10,19,26-27H,5-8H2,1-2H3,(H,20,28)(H,21,29). The molecule has 11 nitrogen and oxygen atoms in total. The van der Waals surface area contributed by atoms with Crippen LogP contribution in [0.4, 0.5) is 0 Å². The van der Waals surface area contributed by atoms with Gasteiger partial charge in [-0.25, -0.2) is 0 Å². The quantitative estimate of drug-likeness (QED) is 0.326. The fraction of sp³-hybridized carbons (Fsp3) is 0.333. The Bertz CT molecular complexity index is 945. The minimum Gasteiger partial charge on any atom is -0.503 e. The van der Waals surface area contributed by atoms with Gasteiger partial charge >= 0.3 is 0 Å². The van der Waals surface area contributed by atoms with Crippen molar-refractivity contribution in [1.82, 2.24) is 25.1 Å². The summed E-state index contributed by atoms with van der Waals surface area (Å²) in [4.78, 5) is 47.1. The van der Waals surface area contributed by atoms with E-state index in [9.17, 15) is 29.4 Å². The van der Waals surface area contributed by atoms with Gasteiger partial charge in [0.15, 0.2) is 22.9 Å². The third kappa shape index (κ3) is 5.23. The third-order valence-electron chi connectivity index (χ3n) is 4.12. The Labute approximate surface area is 165 Å². The Hall–Kier alpha value is -3.60. The van der Waals surface area contributed by atoms with E-state index in [2.05, 4.69) is 16.0 Å². The maximum Gasteiger partial charge on any atom is 0.271 e. The predicted molar refractivity (Wildman–Crippen MR) is 104 cm³/mol. The molecule has 0 bridgehead atoms. The second-order valence-electron chi connectivity index (χ2n) is 6.24. The third-order valence-corrected chi connectivity index (χ3v) is 4.12. The van der Waals surface area contributed by atoms with Gasteiger partial charge in [-0.05, 0) is 0 Å². The van der Waals surface area contributed by atoms with Crippen molar-refractivity contribution in [3.05, 3.63) is 56.4 Å². The van der Waals surface area contributed by atoms with Gasteiger partial charge in [0.2, 0.25) is 10.9 Å². The van der Waals surface area contributed by atoms with E-state index < -0.39 is 34.2 Å². The first-order valence-corrected chi connectivity index (χ1v) is 8.78. The van der Waals surface area contributed by atoms with Gasteiger partial charge in [-0.15, -0.1) is 0 Å². The number of aromatic nitrogens is 2. The highest BCUT2D eigenvalue weighted by Crippen LogP contribution is 2.10. The number of aromatic hydroxyl groups is 2. The van der Waals surface area contributed by atoms with Gasteiger partial charge in [0.05, 0.1) is 0 Å². The van der Waals surface area contributed by atoms with Crippen LogP contribution in [0, 0.1) is 0 Å². The summed E-state index contributed by atoms with van der Waals surface area (Å²) >= 11 is 0. The Balaban J connectivity index is 1.73. The van der Waals surface area contributed by atoms with Crippen molar-refractivity contribution in [3.8, 4) is 11.5 Å². The van der Waals surface area contributed by atoms with Gasteiger partial charge in [0, 0.05) is 64.8 Å². The van der Waals surface area contributed by atoms with Crippen LogP contribution in [-0.4, -0.2) is 57.3 Å². The van der Waals surface area contributed by atoms with Crippen LogP contribution in [0.5, 0.6) is 11.5 Å². The monoisotopic (exact) mass is 405 g/mol. The molecule has 2 rings (SSSR count). The Kier molecular flexibility index (Phi) is 7.15. The summed E-state index contributed by atoms with van der Waals surface area (Å²) in [6, 6.07) is 2.32. The van der Waals surface area contributed by atoms with Crippen molar-refractivity contribution in [2.45, 2.75) is 0 Å². The maximum atomic E-state index is 12.1. The van der Waals surface area contributed by atoms with E-state index in [-0.39, 0.29) is 24.5 Å². The molecule has 0 saturated carbocycles. The first-order valence-electron chi connectivity index (χ1n) is 8.78. The van der Waals surface area contributed by atoms with E-state index in [0.29, 0.717) is 13.1 Å². The molecule has 0 saturated heterocycles. The Morgan fingerprint density at radius 3 is 1.55 bits per heavy atom. The Morgan fingerprint density at radius 2 is 1.17 bits per heavy atom. The van der Waals surface area contributed by atoms with Gasteiger partial charge in [-0.3, -0.25) is 19.2 Å². The number of nitrogens with one attached hydrogen (secondary N) is 3. The van der Waals surface area contributed by atoms with Crippen LogP contribution in [0.15, 0.2) is 34.1 Å². The van der Waals surface area contributed by atoms with E-state index in [1.807, 2.05) is 0 Å². The summed E-state index contributed by atoms with van der Waals surface area (Å²) in [6.07, 6.45) is 2.77. The van der Waals surface area contributed by atoms with Crippen LogP contribution >= 0.6 is 0 Å². The van der Waals surface area contributed by atoms with Crippen molar-refractivity contribution in [3.63, 3.8) is 0 Å². The molecule has 0 aliphatic heterocycles. The molecule has 5 N–H and O–H groups in total. The second kappa shape index (κ2) is 9.55. The molecule has 0 atom stereocenters. The number of carbonyl (C=O) groups is 2. The molecule has 0 unspecified atom stereocenters. The maximum absolute atomic E-state index is 12.1. The molecule has 0 radical (unpaired) electrons. The summed E-state index contributed by atoms with van der Waals surface area (Å²) in [7, 11) is 3.07. The molecule has 2 aromatic rings. The fourth-order valence-corrected chi connectivity index (χ4v) is 2.59. The number of hydrogen-bond acceptors (Lipinski definition) is 7. The number of amides is 2. The number of aryl methyl sites for hydroxylation is 2. The summed E-state index contributed by atoms with van der Waals surface area (Å²) in [5.41, 5.74) is -1.52. The number of rotatable bonds is 8. The number of carbonyl (C=O) groups excluding carboxylic acids is 2. The van der Waals surface area contributed by atoms with Crippen LogP contribution in [0.1, 0.15) is 21.0 Å². The molecule has 0 aliphatic rings. The van der Waals surface area contributed by atoms with Crippen molar-refractivity contribution in [2.24, 2.45) is 14.1 Å². The van der Waals surface area contributed by atoms with Gasteiger partial charge in [0.25, 0.3) is 11.8 Å². The Morgan fingerprint density at radius 1 is 0.793 bits per heavy atom. The topological polar surface area (TPSA) is 155 Å². The summed E-state index contributed by atoms with van der Waals surface area (Å²) in [5, 5.41) is 27.6. The van der Waals surface area contributed by atoms with Crippen LogP contribution < -0.4 is 26.8 Å². The second-order valence-corrected chi connectivity index (χ2v) is 6.24. The fourth-order valence-electron chi connectivity index (χ4n) is 2.59. The van der Waals surface area contributed by atoms with Gasteiger partial charge in [0.1, 0.15) is 0 Å². The average Bonchev–Trinajstić information content (AvgIpc) is 2.67. The molecule has 2 amide bonds. The molecule has 11 heteroatoms. The molecule has 0 fully saturated rings. The van der Waals surface area contributed by atoms with E-state index >= 15 is 0 Å². The van der Waals surface area contributed by atoms with Crippen LogP contribution in [-0.2, 0) is 14.1 Å². The lowest BCUT2D eigenvalue weighted by atomic mass is 10.3. The van der Waals surface area contributed by atoms with Crippen molar-refractivity contribution < 1.29 is 19.8 Å². The van der Waals surface area contributed by atoms with E-state index in [1.165, 1.54) is 35.6 Å². The molecule has 156 valence electrons. The minimum absolute atomic E-state index is 0.127. The molecule has 29 heavy (non-hydrogen) atoms. The highest BCUT2D eigenvalue weighted by atomic mass is 16.3. The zero-order valence-corrected chi connectivity index (χ0v) is 16.1. The average molecular weight is 405 g/mol. The predicted octanol–water partition coefficient (Wildman–Crippen LogP) is -1.76. The molecular formula is C18H23N5O6. The first kappa shape index (κ1) is 21.7. The smallest absolute Gasteiger partial charge is 0.271 e. The van der Waals surface area contributed by atoms with Crippen LogP contribution in [0.2, 0.25) is 0 Å². The number of pyridine rings is 2. The van der Waals surface area contributed by atoms with Gasteiger partial charge < -0.3 is 35.3 Å². The number of nitrogens with zero attached hydrogens (tertiary/aromatic N) is 2. The normalized spacial score (nSPS) is 10.6. The van der Waals surface area contributed by atoms with Crippen molar-refractivity contribution in [2.75, 3.05) is 26.2 Å². The summed E-state index contributed by atoms with van der Waals surface area (Å²) in [6.45, 7) is 1.20. The minimum atomic E-state index is -0.635.